The van der Waals surface area contributed by atoms with Gasteiger partial charge in [-0.05, 0) is 18.9 Å². The average molecular weight is 304 g/mol. The lowest BCUT2D eigenvalue weighted by Crippen LogP contribution is -2.51. The molecule has 0 bridgehead atoms. The number of rotatable bonds is 5. The largest absolute Gasteiger partial charge is 0.378 e. The van der Waals surface area contributed by atoms with Crippen molar-refractivity contribution in [2.75, 3.05) is 26.3 Å². The van der Waals surface area contributed by atoms with Gasteiger partial charge in [0.25, 0.3) is 0 Å². The number of benzene rings is 1. The van der Waals surface area contributed by atoms with Gasteiger partial charge in [-0.15, -0.1) is 0 Å². The Balaban J connectivity index is 1.96. The Kier molecular flexibility index (Phi) is 5.95. The highest BCUT2D eigenvalue weighted by Gasteiger charge is 2.26. The molecule has 22 heavy (non-hydrogen) atoms. The fraction of sp³-hybridized carbons (Fsp3) is 0.529. The number of hydrogen-bond donors (Lipinski definition) is 1. The number of nitrogens with one attached hydrogen (secondary N) is 1. The summed E-state index contributed by atoms with van der Waals surface area (Å²) in [7, 11) is 0. The van der Waals surface area contributed by atoms with E-state index < -0.39 is 6.04 Å². The van der Waals surface area contributed by atoms with E-state index in [9.17, 15) is 9.59 Å². The van der Waals surface area contributed by atoms with Gasteiger partial charge in [0.15, 0.2) is 0 Å². The lowest BCUT2D eigenvalue weighted by molar-refractivity contribution is -0.139. The van der Waals surface area contributed by atoms with E-state index in [2.05, 4.69) is 5.32 Å². The molecule has 1 aromatic rings. The van der Waals surface area contributed by atoms with E-state index in [0.717, 1.165) is 5.56 Å². The van der Waals surface area contributed by atoms with Crippen molar-refractivity contribution >= 4 is 11.8 Å². The first-order chi connectivity index (χ1) is 10.6. The molecule has 120 valence electrons. The molecule has 5 heteroatoms. The molecule has 1 N–H and O–H groups in total. The molecule has 2 atom stereocenters. The Labute approximate surface area is 131 Å². The smallest absolute Gasteiger partial charge is 0.245 e. The van der Waals surface area contributed by atoms with Gasteiger partial charge in [0.05, 0.1) is 19.1 Å². The summed E-state index contributed by atoms with van der Waals surface area (Å²) in [5.74, 6) is -0.358. The van der Waals surface area contributed by atoms with Crippen LogP contribution in [0.25, 0.3) is 0 Å². The molecule has 0 radical (unpaired) electrons. The van der Waals surface area contributed by atoms with Crippen LogP contribution in [0.15, 0.2) is 30.3 Å². The van der Waals surface area contributed by atoms with Crippen molar-refractivity contribution in [2.45, 2.75) is 32.2 Å². The predicted octanol–water partition coefficient (Wildman–Crippen LogP) is 1.54. The number of nitrogens with zero attached hydrogens (tertiary/aromatic N) is 1. The molecule has 1 heterocycles. The second kappa shape index (κ2) is 7.94. The number of carbonyl (C=O) groups excluding carboxylic acids is 2. The van der Waals surface area contributed by atoms with E-state index in [4.69, 9.17) is 4.74 Å². The standard InChI is InChI=1S/C17H24N2O3/c1-3-15(14-7-5-4-6-8-14)16(20)18-13(2)17(21)19-9-11-22-12-10-19/h4-8,13,15H,3,9-12H2,1-2H3,(H,18,20)/t13-,15+/m1/s1. The molecule has 2 rings (SSSR count). The molecule has 1 aliphatic heterocycles. The van der Waals surface area contributed by atoms with Crippen LogP contribution >= 0.6 is 0 Å². The minimum atomic E-state index is -0.511. The first-order valence-corrected chi connectivity index (χ1v) is 7.85. The molecule has 0 aliphatic carbocycles. The summed E-state index contributed by atoms with van der Waals surface area (Å²) in [5, 5.41) is 2.86. The maximum atomic E-state index is 12.5. The minimum Gasteiger partial charge on any atom is -0.378 e. The molecule has 0 aromatic heterocycles. The molecule has 1 aromatic carbocycles. The van der Waals surface area contributed by atoms with Crippen LogP contribution in [0.2, 0.25) is 0 Å². The molecule has 0 saturated carbocycles. The van der Waals surface area contributed by atoms with Crippen molar-refractivity contribution in [3.63, 3.8) is 0 Å². The van der Waals surface area contributed by atoms with Crippen LogP contribution in [0.5, 0.6) is 0 Å². The van der Waals surface area contributed by atoms with Crippen LogP contribution in [-0.4, -0.2) is 49.1 Å². The van der Waals surface area contributed by atoms with Crippen LogP contribution in [-0.2, 0) is 14.3 Å². The summed E-state index contributed by atoms with van der Waals surface area (Å²) in [6.45, 7) is 6.03. The van der Waals surface area contributed by atoms with Gasteiger partial charge >= 0.3 is 0 Å². The second-order valence-electron chi connectivity index (χ2n) is 5.54. The highest BCUT2D eigenvalue weighted by atomic mass is 16.5. The summed E-state index contributed by atoms with van der Waals surface area (Å²) in [4.78, 5) is 26.6. The van der Waals surface area contributed by atoms with E-state index >= 15 is 0 Å². The number of ether oxygens (including phenoxy) is 1. The first kappa shape index (κ1) is 16.5. The van der Waals surface area contributed by atoms with Crippen LogP contribution in [0.3, 0.4) is 0 Å². The Morgan fingerprint density at radius 2 is 1.86 bits per heavy atom. The van der Waals surface area contributed by atoms with E-state index in [1.807, 2.05) is 37.3 Å². The van der Waals surface area contributed by atoms with E-state index in [0.29, 0.717) is 32.7 Å². The number of amides is 2. The zero-order chi connectivity index (χ0) is 15.9. The highest BCUT2D eigenvalue weighted by molar-refractivity contribution is 5.90. The molecule has 0 spiro atoms. The monoisotopic (exact) mass is 304 g/mol. The molecular formula is C17H24N2O3. The van der Waals surface area contributed by atoms with E-state index in [1.54, 1.807) is 11.8 Å². The molecular weight excluding hydrogens is 280 g/mol. The summed E-state index contributed by atoms with van der Waals surface area (Å²) in [6, 6.07) is 9.16. The van der Waals surface area contributed by atoms with Gasteiger partial charge in [0.1, 0.15) is 6.04 Å². The zero-order valence-electron chi connectivity index (χ0n) is 13.2. The number of carbonyl (C=O) groups is 2. The van der Waals surface area contributed by atoms with Gasteiger partial charge in [0, 0.05) is 13.1 Å². The lowest BCUT2D eigenvalue weighted by Gasteiger charge is -2.30. The van der Waals surface area contributed by atoms with Gasteiger partial charge in [-0.1, -0.05) is 37.3 Å². The average Bonchev–Trinajstić information content (AvgIpc) is 2.56. The van der Waals surface area contributed by atoms with Crippen molar-refractivity contribution in [3.8, 4) is 0 Å². The summed E-state index contributed by atoms with van der Waals surface area (Å²) < 4.78 is 5.24. The minimum absolute atomic E-state index is 0.0421. The van der Waals surface area contributed by atoms with Gasteiger partial charge in [0.2, 0.25) is 11.8 Å². The quantitative estimate of drug-likeness (QED) is 0.898. The van der Waals surface area contributed by atoms with E-state index in [-0.39, 0.29) is 17.7 Å². The van der Waals surface area contributed by atoms with Crippen LogP contribution < -0.4 is 5.32 Å². The van der Waals surface area contributed by atoms with Crippen molar-refractivity contribution in [3.05, 3.63) is 35.9 Å². The maximum absolute atomic E-state index is 12.5. The second-order valence-corrected chi connectivity index (χ2v) is 5.54. The zero-order valence-corrected chi connectivity index (χ0v) is 13.2. The van der Waals surface area contributed by atoms with Crippen molar-refractivity contribution in [2.24, 2.45) is 0 Å². The maximum Gasteiger partial charge on any atom is 0.245 e. The van der Waals surface area contributed by atoms with Gasteiger partial charge < -0.3 is 15.0 Å². The Morgan fingerprint density at radius 3 is 2.45 bits per heavy atom. The molecule has 2 amide bonds. The number of morpholine rings is 1. The first-order valence-electron chi connectivity index (χ1n) is 7.85. The summed E-state index contributed by atoms with van der Waals surface area (Å²) >= 11 is 0. The molecule has 1 aliphatic rings. The third-order valence-corrected chi connectivity index (χ3v) is 3.98. The SMILES string of the molecule is CC[C@H](C(=O)N[C@H](C)C(=O)N1CCOCC1)c1ccccc1. The van der Waals surface area contributed by atoms with Crippen LogP contribution in [0.1, 0.15) is 31.7 Å². The van der Waals surface area contributed by atoms with Crippen LogP contribution in [0, 0.1) is 0 Å². The Morgan fingerprint density at radius 1 is 1.23 bits per heavy atom. The van der Waals surface area contributed by atoms with Crippen LogP contribution in [0.4, 0.5) is 0 Å². The van der Waals surface area contributed by atoms with E-state index in [1.165, 1.54) is 0 Å². The van der Waals surface area contributed by atoms with Gasteiger partial charge in [-0.25, -0.2) is 0 Å². The fourth-order valence-corrected chi connectivity index (χ4v) is 2.69. The van der Waals surface area contributed by atoms with Crippen molar-refractivity contribution in [1.82, 2.24) is 10.2 Å². The molecule has 1 fully saturated rings. The normalized spacial score (nSPS) is 17.6. The third-order valence-electron chi connectivity index (χ3n) is 3.98. The molecule has 0 unspecified atom stereocenters. The predicted molar refractivity (Wildman–Crippen MR) is 84.5 cm³/mol. The van der Waals surface area contributed by atoms with Gasteiger partial charge in [-0.3, -0.25) is 9.59 Å². The van der Waals surface area contributed by atoms with Gasteiger partial charge in [-0.2, -0.15) is 0 Å². The Bertz CT molecular complexity index is 498. The summed E-state index contributed by atoms with van der Waals surface area (Å²) in [6.07, 6.45) is 0.703. The lowest BCUT2D eigenvalue weighted by atomic mass is 9.95. The summed E-state index contributed by atoms with van der Waals surface area (Å²) in [5.41, 5.74) is 0.980. The molecule has 1 saturated heterocycles. The fourth-order valence-electron chi connectivity index (χ4n) is 2.69. The Hall–Kier alpha value is -1.88. The van der Waals surface area contributed by atoms with Crippen molar-refractivity contribution in [1.29, 1.82) is 0 Å². The highest BCUT2D eigenvalue weighted by Crippen LogP contribution is 2.19. The van der Waals surface area contributed by atoms with Crippen molar-refractivity contribution < 1.29 is 14.3 Å². The topological polar surface area (TPSA) is 58.6 Å². The molecule has 5 nitrogen and oxygen atoms in total. The third kappa shape index (κ3) is 4.07. The number of hydrogen-bond acceptors (Lipinski definition) is 3.